The smallest absolute Gasteiger partial charge is 0.203 e. The molecule has 0 spiro atoms. The Labute approximate surface area is 165 Å². The van der Waals surface area contributed by atoms with Gasteiger partial charge in [-0.05, 0) is 35.7 Å². The minimum Gasteiger partial charge on any atom is -0.504 e. The van der Waals surface area contributed by atoms with Gasteiger partial charge < -0.3 is 24.1 Å². The third-order valence-corrected chi connectivity index (χ3v) is 4.52. The maximum absolute atomic E-state index is 10.7. The van der Waals surface area contributed by atoms with Crippen molar-refractivity contribution >= 4 is 18.1 Å². The number of methoxy groups -OCH3 is 4. The predicted octanol–water partition coefficient (Wildman–Crippen LogP) is 3.44. The van der Waals surface area contributed by atoms with Crippen molar-refractivity contribution in [3.8, 4) is 28.7 Å². The lowest BCUT2D eigenvalue weighted by atomic mass is 9.92. The van der Waals surface area contributed by atoms with E-state index >= 15 is 0 Å². The van der Waals surface area contributed by atoms with Gasteiger partial charge in [-0.25, -0.2) is 0 Å². The van der Waals surface area contributed by atoms with Crippen LogP contribution in [0, 0.1) is 0 Å². The summed E-state index contributed by atoms with van der Waals surface area (Å²) in [5, 5.41) is 10.7. The van der Waals surface area contributed by atoms with Crippen molar-refractivity contribution in [2.75, 3.05) is 35.0 Å². The number of rotatable bonds is 6. The lowest BCUT2D eigenvalue weighted by Gasteiger charge is -2.22. The number of halogens is 1. The van der Waals surface area contributed by atoms with Gasteiger partial charge in [-0.15, -0.1) is 12.4 Å². The van der Waals surface area contributed by atoms with Crippen molar-refractivity contribution in [3.05, 3.63) is 41.0 Å². The van der Waals surface area contributed by atoms with Crippen LogP contribution in [0.3, 0.4) is 0 Å². The van der Waals surface area contributed by atoms with Gasteiger partial charge in [0, 0.05) is 18.5 Å². The molecule has 0 fully saturated rings. The molecule has 1 N–H and O–H groups in total. The lowest BCUT2D eigenvalue weighted by Crippen LogP contribution is -2.16. The molecular weight excluding hydrogens is 370 g/mol. The molecule has 7 heteroatoms. The van der Waals surface area contributed by atoms with Crippen molar-refractivity contribution in [3.63, 3.8) is 0 Å². The number of hydrogen-bond acceptors (Lipinski definition) is 6. The van der Waals surface area contributed by atoms with E-state index < -0.39 is 0 Å². The molecule has 0 saturated heterocycles. The Morgan fingerprint density at radius 3 is 2.26 bits per heavy atom. The van der Waals surface area contributed by atoms with E-state index in [2.05, 4.69) is 4.99 Å². The van der Waals surface area contributed by atoms with E-state index in [1.54, 1.807) is 21.3 Å². The lowest BCUT2D eigenvalue weighted by molar-refractivity contribution is 0.332. The molecule has 2 aromatic carbocycles. The molecule has 3 rings (SSSR count). The van der Waals surface area contributed by atoms with Gasteiger partial charge in [-0.1, -0.05) is 6.07 Å². The predicted molar refractivity (Wildman–Crippen MR) is 107 cm³/mol. The standard InChI is InChI=1S/C20H23NO5.ClH/c1-23-15-6-5-12(10-16(15)24-2)9-14-18-13(7-8-21-14)11-17(25-3)20(26-4)19(18)22;/h5-6,10-11,22H,7-9H2,1-4H3;1H. The Bertz CT molecular complexity index is 851. The van der Waals surface area contributed by atoms with Gasteiger partial charge in [0.1, 0.15) is 0 Å². The molecule has 0 bridgehead atoms. The van der Waals surface area contributed by atoms with E-state index in [4.69, 9.17) is 18.9 Å². The fourth-order valence-corrected chi connectivity index (χ4v) is 3.26. The Balaban J connectivity index is 0.00000261. The number of nitrogens with zero attached hydrogens (tertiary/aromatic N) is 1. The third-order valence-electron chi connectivity index (χ3n) is 4.52. The molecular formula is C20H24ClNO5. The summed E-state index contributed by atoms with van der Waals surface area (Å²) in [6.45, 7) is 0.671. The van der Waals surface area contributed by atoms with Crippen LogP contribution in [0.2, 0.25) is 0 Å². The highest BCUT2D eigenvalue weighted by atomic mass is 35.5. The number of aliphatic imine (C=N–C) groups is 1. The quantitative estimate of drug-likeness (QED) is 0.814. The topological polar surface area (TPSA) is 69.5 Å². The highest BCUT2D eigenvalue weighted by Gasteiger charge is 2.25. The van der Waals surface area contributed by atoms with Crippen LogP contribution >= 0.6 is 12.4 Å². The first-order chi connectivity index (χ1) is 12.6. The van der Waals surface area contributed by atoms with Crippen LogP contribution in [0.15, 0.2) is 29.3 Å². The summed E-state index contributed by atoms with van der Waals surface area (Å²) in [6, 6.07) is 7.67. The Morgan fingerprint density at radius 1 is 0.926 bits per heavy atom. The average Bonchev–Trinajstić information content (AvgIpc) is 2.67. The Hall–Kier alpha value is -2.60. The zero-order valence-electron chi connectivity index (χ0n) is 15.9. The van der Waals surface area contributed by atoms with E-state index in [0.717, 1.165) is 28.8 Å². The van der Waals surface area contributed by atoms with Crippen LogP contribution in [-0.2, 0) is 12.8 Å². The van der Waals surface area contributed by atoms with Crippen LogP contribution in [0.25, 0.3) is 0 Å². The fourth-order valence-electron chi connectivity index (χ4n) is 3.26. The first-order valence-electron chi connectivity index (χ1n) is 8.34. The fraction of sp³-hybridized carbons (Fsp3) is 0.350. The van der Waals surface area contributed by atoms with Gasteiger partial charge in [0.15, 0.2) is 23.0 Å². The number of benzene rings is 2. The number of hydrogen-bond donors (Lipinski definition) is 1. The van der Waals surface area contributed by atoms with Crippen LogP contribution < -0.4 is 18.9 Å². The number of phenols is 1. The summed E-state index contributed by atoms with van der Waals surface area (Å²) in [7, 11) is 6.29. The van der Waals surface area contributed by atoms with Crippen LogP contribution in [-0.4, -0.2) is 45.8 Å². The Kier molecular flexibility index (Phi) is 6.80. The second-order valence-electron chi connectivity index (χ2n) is 5.94. The minimum atomic E-state index is 0. The van der Waals surface area contributed by atoms with Gasteiger partial charge in [0.05, 0.1) is 34.2 Å². The average molecular weight is 394 g/mol. The summed E-state index contributed by atoms with van der Waals surface area (Å²) < 4.78 is 21.3. The minimum absolute atomic E-state index is 0. The van der Waals surface area contributed by atoms with Crippen molar-refractivity contribution in [2.24, 2.45) is 4.99 Å². The van der Waals surface area contributed by atoms with Crippen molar-refractivity contribution < 1.29 is 24.1 Å². The van der Waals surface area contributed by atoms with Crippen LogP contribution in [0.1, 0.15) is 16.7 Å². The molecule has 146 valence electrons. The summed E-state index contributed by atoms with van der Waals surface area (Å²) in [5.74, 6) is 2.26. The maximum atomic E-state index is 10.7. The first-order valence-corrected chi connectivity index (χ1v) is 8.34. The number of fused-ring (bicyclic) bond motifs is 1. The van der Waals surface area contributed by atoms with Gasteiger partial charge in [0.2, 0.25) is 5.75 Å². The van der Waals surface area contributed by atoms with Gasteiger partial charge in [0.25, 0.3) is 0 Å². The maximum Gasteiger partial charge on any atom is 0.203 e. The molecule has 0 atom stereocenters. The van der Waals surface area contributed by atoms with Crippen molar-refractivity contribution in [2.45, 2.75) is 12.8 Å². The van der Waals surface area contributed by atoms with E-state index in [1.807, 2.05) is 24.3 Å². The zero-order valence-corrected chi connectivity index (χ0v) is 16.7. The van der Waals surface area contributed by atoms with Crippen molar-refractivity contribution in [1.29, 1.82) is 0 Å². The molecule has 27 heavy (non-hydrogen) atoms. The molecule has 0 radical (unpaired) electrons. The highest BCUT2D eigenvalue weighted by molar-refractivity contribution is 6.07. The summed E-state index contributed by atoms with van der Waals surface area (Å²) in [4.78, 5) is 4.64. The van der Waals surface area contributed by atoms with Gasteiger partial charge in [-0.3, -0.25) is 4.99 Å². The normalized spacial score (nSPS) is 12.4. The van der Waals surface area contributed by atoms with E-state index in [-0.39, 0.29) is 18.2 Å². The summed E-state index contributed by atoms with van der Waals surface area (Å²) >= 11 is 0. The second kappa shape index (κ2) is 8.86. The van der Waals surface area contributed by atoms with Gasteiger partial charge >= 0.3 is 0 Å². The van der Waals surface area contributed by atoms with E-state index in [9.17, 15) is 5.11 Å². The highest BCUT2D eigenvalue weighted by Crippen LogP contribution is 2.43. The molecule has 6 nitrogen and oxygen atoms in total. The van der Waals surface area contributed by atoms with Crippen LogP contribution in [0.5, 0.6) is 28.7 Å². The largest absolute Gasteiger partial charge is 0.504 e. The van der Waals surface area contributed by atoms with E-state index in [1.165, 1.54) is 7.11 Å². The molecule has 0 saturated carbocycles. The molecule has 1 aliphatic heterocycles. The van der Waals surface area contributed by atoms with Crippen molar-refractivity contribution in [1.82, 2.24) is 0 Å². The van der Waals surface area contributed by atoms with E-state index in [0.29, 0.717) is 36.0 Å². The zero-order chi connectivity index (χ0) is 18.7. The Morgan fingerprint density at radius 2 is 1.63 bits per heavy atom. The summed E-state index contributed by atoms with van der Waals surface area (Å²) in [5.41, 5.74) is 3.56. The third kappa shape index (κ3) is 3.90. The molecule has 0 aromatic heterocycles. The van der Waals surface area contributed by atoms with Crippen LogP contribution in [0.4, 0.5) is 0 Å². The summed E-state index contributed by atoms with van der Waals surface area (Å²) in [6.07, 6.45) is 1.31. The van der Waals surface area contributed by atoms with Gasteiger partial charge in [-0.2, -0.15) is 0 Å². The molecule has 2 aromatic rings. The first kappa shape index (κ1) is 20.7. The second-order valence-corrected chi connectivity index (χ2v) is 5.94. The molecule has 1 heterocycles. The molecule has 1 aliphatic rings. The molecule has 0 unspecified atom stereocenters. The molecule has 0 aliphatic carbocycles. The number of ether oxygens (including phenoxy) is 4. The SMILES string of the molecule is COc1ccc(CC2=NCCc3cc(OC)c(OC)c(O)c32)cc1OC.Cl. The number of phenolic OH excluding ortho intramolecular Hbond substituents is 1. The number of aromatic hydroxyl groups is 1. The molecule has 0 amide bonds. The monoisotopic (exact) mass is 393 g/mol.